The lowest BCUT2D eigenvalue weighted by atomic mass is 10.3. The predicted molar refractivity (Wildman–Crippen MR) is 74.3 cm³/mol. The van der Waals surface area contributed by atoms with Crippen LogP contribution in [0.2, 0.25) is 0 Å². The number of carbonyl (C=O) groups is 1. The molecule has 1 aromatic rings. The summed E-state index contributed by atoms with van der Waals surface area (Å²) in [6, 6.07) is 9.61. The van der Waals surface area contributed by atoms with Gasteiger partial charge in [0.15, 0.2) is 0 Å². The van der Waals surface area contributed by atoms with Gasteiger partial charge in [0.05, 0.1) is 13.1 Å². The molecule has 19 heavy (non-hydrogen) atoms. The smallest absolute Gasteiger partial charge is 0.234 e. The van der Waals surface area contributed by atoms with E-state index in [9.17, 15) is 4.79 Å². The second kappa shape index (κ2) is 7.76. The summed E-state index contributed by atoms with van der Waals surface area (Å²) in [6.45, 7) is 5.32. The minimum Gasteiger partial charge on any atom is -0.492 e. The molecule has 1 aliphatic rings. The standard InChI is InChI=1S/C14H21N3O2/c18-14(12-17-9-6-15-7-10-17)16-8-11-19-13-4-2-1-3-5-13/h1-5,15H,6-12H2,(H,16,18). The molecular formula is C14H21N3O2. The minimum atomic E-state index is 0.0681. The maximum Gasteiger partial charge on any atom is 0.234 e. The van der Waals surface area contributed by atoms with E-state index in [2.05, 4.69) is 15.5 Å². The van der Waals surface area contributed by atoms with E-state index in [-0.39, 0.29) is 5.91 Å². The van der Waals surface area contributed by atoms with Crippen molar-refractivity contribution < 1.29 is 9.53 Å². The summed E-state index contributed by atoms with van der Waals surface area (Å²) in [5.74, 6) is 0.900. The Morgan fingerprint density at radius 3 is 2.74 bits per heavy atom. The van der Waals surface area contributed by atoms with Crippen LogP contribution in [0.5, 0.6) is 5.75 Å². The highest BCUT2D eigenvalue weighted by atomic mass is 16.5. The Labute approximate surface area is 113 Å². The predicted octanol–water partition coefficient (Wildman–Crippen LogP) is 0.0868. The van der Waals surface area contributed by atoms with Crippen molar-refractivity contribution in [3.63, 3.8) is 0 Å². The zero-order valence-corrected chi connectivity index (χ0v) is 11.1. The number of nitrogens with zero attached hydrogens (tertiary/aromatic N) is 1. The molecule has 1 fully saturated rings. The van der Waals surface area contributed by atoms with Gasteiger partial charge in [-0.15, -0.1) is 0 Å². The zero-order valence-electron chi connectivity index (χ0n) is 11.1. The highest BCUT2D eigenvalue weighted by Gasteiger charge is 2.12. The van der Waals surface area contributed by atoms with E-state index < -0.39 is 0 Å². The molecule has 1 aromatic carbocycles. The quantitative estimate of drug-likeness (QED) is 0.714. The van der Waals surface area contributed by atoms with E-state index >= 15 is 0 Å². The van der Waals surface area contributed by atoms with Crippen LogP contribution in [0.15, 0.2) is 30.3 Å². The second-order valence-electron chi connectivity index (χ2n) is 4.54. The van der Waals surface area contributed by atoms with Crippen molar-refractivity contribution in [2.45, 2.75) is 0 Å². The SMILES string of the molecule is O=C(CN1CCNCC1)NCCOc1ccccc1. The van der Waals surface area contributed by atoms with Crippen molar-refractivity contribution in [2.24, 2.45) is 0 Å². The molecule has 1 amide bonds. The lowest BCUT2D eigenvalue weighted by Crippen LogP contribution is -2.47. The Balaban J connectivity index is 1.56. The van der Waals surface area contributed by atoms with Crippen LogP contribution in [0.25, 0.3) is 0 Å². The van der Waals surface area contributed by atoms with Gasteiger partial charge in [-0.2, -0.15) is 0 Å². The van der Waals surface area contributed by atoms with Crippen LogP contribution in [-0.4, -0.2) is 56.7 Å². The summed E-state index contributed by atoms with van der Waals surface area (Å²) >= 11 is 0. The summed E-state index contributed by atoms with van der Waals surface area (Å²) < 4.78 is 5.51. The Bertz CT molecular complexity index is 378. The normalized spacial score (nSPS) is 16.0. The lowest BCUT2D eigenvalue weighted by Gasteiger charge is -2.26. The fourth-order valence-corrected chi connectivity index (χ4v) is 2.00. The van der Waals surface area contributed by atoms with E-state index in [0.29, 0.717) is 19.7 Å². The maximum atomic E-state index is 11.7. The molecule has 0 bridgehead atoms. The monoisotopic (exact) mass is 263 g/mol. The van der Waals surface area contributed by atoms with Crippen molar-refractivity contribution >= 4 is 5.91 Å². The van der Waals surface area contributed by atoms with Gasteiger partial charge in [0.1, 0.15) is 12.4 Å². The highest BCUT2D eigenvalue weighted by Crippen LogP contribution is 2.07. The Morgan fingerprint density at radius 1 is 1.26 bits per heavy atom. The zero-order chi connectivity index (χ0) is 13.3. The van der Waals surface area contributed by atoms with Crippen LogP contribution in [0.4, 0.5) is 0 Å². The first kappa shape index (κ1) is 13.8. The molecule has 5 nitrogen and oxygen atoms in total. The molecule has 0 aromatic heterocycles. The third kappa shape index (κ3) is 5.28. The van der Waals surface area contributed by atoms with Crippen LogP contribution in [0.3, 0.4) is 0 Å². The van der Waals surface area contributed by atoms with Crippen LogP contribution in [0.1, 0.15) is 0 Å². The molecule has 0 spiro atoms. The average molecular weight is 263 g/mol. The van der Waals surface area contributed by atoms with Gasteiger partial charge in [0.25, 0.3) is 0 Å². The summed E-state index contributed by atoms with van der Waals surface area (Å²) in [6.07, 6.45) is 0. The first-order valence-electron chi connectivity index (χ1n) is 6.72. The Hall–Kier alpha value is -1.59. The fourth-order valence-electron chi connectivity index (χ4n) is 2.00. The van der Waals surface area contributed by atoms with Crippen molar-refractivity contribution in [3.05, 3.63) is 30.3 Å². The molecule has 1 heterocycles. The number of para-hydroxylation sites is 1. The second-order valence-corrected chi connectivity index (χ2v) is 4.54. The van der Waals surface area contributed by atoms with Gasteiger partial charge in [0, 0.05) is 26.2 Å². The largest absolute Gasteiger partial charge is 0.492 e. The Kier molecular flexibility index (Phi) is 5.65. The molecule has 104 valence electrons. The van der Waals surface area contributed by atoms with Crippen molar-refractivity contribution in [1.29, 1.82) is 0 Å². The lowest BCUT2D eigenvalue weighted by molar-refractivity contribution is -0.122. The first-order valence-corrected chi connectivity index (χ1v) is 6.72. The van der Waals surface area contributed by atoms with Gasteiger partial charge < -0.3 is 15.4 Å². The average Bonchev–Trinajstić information content (AvgIpc) is 2.46. The van der Waals surface area contributed by atoms with Crippen molar-refractivity contribution in [3.8, 4) is 5.75 Å². The number of hydrogen-bond donors (Lipinski definition) is 2. The van der Waals surface area contributed by atoms with Gasteiger partial charge in [-0.1, -0.05) is 18.2 Å². The summed E-state index contributed by atoms with van der Waals surface area (Å²) in [5.41, 5.74) is 0. The van der Waals surface area contributed by atoms with Crippen LogP contribution < -0.4 is 15.4 Å². The van der Waals surface area contributed by atoms with Crippen LogP contribution >= 0.6 is 0 Å². The molecule has 1 saturated heterocycles. The number of piperazine rings is 1. The number of rotatable bonds is 6. The number of hydrogen-bond acceptors (Lipinski definition) is 4. The first-order chi connectivity index (χ1) is 9.34. The van der Waals surface area contributed by atoms with Gasteiger partial charge in [0.2, 0.25) is 5.91 Å². The van der Waals surface area contributed by atoms with Crippen molar-refractivity contribution in [2.75, 3.05) is 45.9 Å². The number of carbonyl (C=O) groups excluding carboxylic acids is 1. The van der Waals surface area contributed by atoms with Crippen LogP contribution in [-0.2, 0) is 4.79 Å². The van der Waals surface area contributed by atoms with Gasteiger partial charge in [-0.05, 0) is 12.1 Å². The maximum absolute atomic E-state index is 11.7. The topological polar surface area (TPSA) is 53.6 Å². The summed E-state index contributed by atoms with van der Waals surface area (Å²) in [4.78, 5) is 13.9. The van der Waals surface area contributed by atoms with Crippen LogP contribution in [0, 0.1) is 0 Å². The Morgan fingerprint density at radius 2 is 2.00 bits per heavy atom. The highest BCUT2D eigenvalue weighted by molar-refractivity contribution is 5.78. The van der Waals surface area contributed by atoms with Gasteiger partial charge in [-0.3, -0.25) is 9.69 Å². The van der Waals surface area contributed by atoms with Gasteiger partial charge in [-0.25, -0.2) is 0 Å². The molecule has 2 N–H and O–H groups in total. The van der Waals surface area contributed by atoms with E-state index in [1.807, 2.05) is 30.3 Å². The van der Waals surface area contributed by atoms with Gasteiger partial charge >= 0.3 is 0 Å². The van der Waals surface area contributed by atoms with E-state index in [4.69, 9.17) is 4.74 Å². The molecule has 2 rings (SSSR count). The summed E-state index contributed by atoms with van der Waals surface area (Å²) in [5, 5.41) is 6.14. The number of ether oxygens (including phenoxy) is 1. The number of amides is 1. The van der Waals surface area contributed by atoms with Crippen molar-refractivity contribution in [1.82, 2.24) is 15.5 Å². The minimum absolute atomic E-state index is 0.0681. The molecule has 0 aliphatic carbocycles. The molecule has 0 unspecified atom stereocenters. The number of benzene rings is 1. The van der Waals surface area contributed by atoms with E-state index in [0.717, 1.165) is 31.9 Å². The number of nitrogens with one attached hydrogen (secondary N) is 2. The molecule has 0 radical (unpaired) electrons. The molecule has 0 atom stereocenters. The van der Waals surface area contributed by atoms with E-state index in [1.54, 1.807) is 0 Å². The third-order valence-electron chi connectivity index (χ3n) is 3.01. The third-order valence-corrected chi connectivity index (χ3v) is 3.01. The molecular weight excluding hydrogens is 242 g/mol. The summed E-state index contributed by atoms with van der Waals surface area (Å²) in [7, 11) is 0. The molecule has 0 saturated carbocycles. The molecule has 1 aliphatic heterocycles. The van der Waals surface area contributed by atoms with E-state index in [1.165, 1.54) is 0 Å². The molecule has 5 heteroatoms. The fraction of sp³-hybridized carbons (Fsp3) is 0.500.